The van der Waals surface area contributed by atoms with E-state index in [0.717, 1.165) is 23.2 Å². The Labute approximate surface area is 76.3 Å². The van der Waals surface area contributed by atoms with Gasteiger partial charge in [0, 0.05) is 4.43 Å². The smallest absolute Gasteiger partial charge is 0.0739 e. The first kappa shape index (κ1) is 8.78. The Morgan fingerprint density at radius 1 is 1.70 bits per heavy atom. The van der Waals surface area contributed by atoms with Crippen molar-refractivity contribution in [2.24, 2.45) is 5.92 Å². The molecule has 0 aromatic heterocycles. The first-order valence-corrected chi connectivity index (χ1v) is 5.47. The first-order valence-electron chi connectivity index (χ1n) is 3.95. The van der Waals surface area contributed by atoms with Crippen molar-refractivity contribution in [3.05, 3.63) is 0 Å². The molecule has 2 unspecified atom stereocenters. The second-order valence-corrected chi connectivity index (χ2v) is 4.32. The predicted octanol–water partition coefficient (Wildman–Crippen LogP) is 2.36. The van der Waals surface area contributed by atoms with E-state index in [0.29, 0.717) is 0 Å². The van der Waals surface area contributed by atoms with Gasteiger partial charge in [-0.15, -0.1) is 0 Å². The summed E-state index contributed by atoms with van der Waals surface area (Å²) in [5.74, 6) is 0.730. The van der Waals surface area contributed by atoms with Crippen molar-refractivity contribution in [1.29, 1.82) is 0 Å². The summed E-state index contributed by atoms with van der Waals surface area (Å²) < 4.78 is 0.898. The lowest BCUT2D eigenvalue weighted by atomic mass is 9.80. The molecule has 2 heteroatoms. The van der Waals surface area contributed by atoms with E-state index in [2.05, 4.69) is 29.5 Å². The third-order valence-corrected chi connectivity index (χ3v) is 3.74. The van der Waals surface area contributed by atoms with Gasteiger partial charge in [-0.2, -0.15) is 0 Å². The van der Waals surface area contributed by atoms with Gasteiger partial charge in [0.15, 0.2) is 0 Å². The highest BCUT2D eigenvalue weighted by Gasteiger charge is 2.30. The molecule has 1 rings (SSSR count). The molecule has 0 aromatic carbocycles. The molecule has 0 saturated heterocycles. The minimum atomic E-state index is -0.321. The molecule has 1 saturated carbocycles. The molecule has 0 radical (unpaired) electrons. The Kier molecular flexibility index (Phi) is 2.98. The van der Waals surface area contributed by atoms with Crippen LogP contribution in [0, 0.1) is 5.92 Å². The third kappa shape index (κ3) is 2.09. The molecule has 10 heavy (non-hydrogen) atoms. The van der Waals surface area contributed by atoms with Crippen LogP contribution in [0.2, 0.25) is 0 Å². The average Bonchev–Trinajstić information content (AvgIpc) is 1.88. The number of aliphatic hydroxyl groups is 1. The van der Waals surface area contributed by atoms with Gasteiger partial charge in [-0.05, 0) is 18.8 Å². The lowest BCUT2D eigenvalue weighted by molar-refractivity contribution is 0.0118. The van der Waals surface area contributed by atoms with E-state index < -0.39 is 0 Å². The second-order valence-electron chi connectivity index (χ2n) is 3.56. The summed E-state index contributed by atoms with van der Waals surface area (Å²) in [7, 11) is 0. The maximum absolute atomic E-state index is 9.84. The van der Waals surface area contributed by atoms with Crippen LogP contribution in [-0.2, 0) is 0 Å². The number of hydrogen-bond donors (Lipinski definition) is 1. The van der Waals surface area contributed by atoms with Gasteiger partial charge in [0.25, 0.3) is 0 Å². The van der Waals surface area contributed by atoms with Crippen LogP contribution in [-0.4, -0.2) is 15.1 Å². The molecule has 0 amide bonds. The molecule has 2 atom stereocenters. The van der Waals surface area contributed by atoms with Crippen LogP contribution in [0.4, 0.5) is 0 Å². The van der Waals surface area contributed by atoms with Gasteiger partial charge < -0.3 is 5.11 Å². The zero-order valence-corrected chi connectivity index (χ0v) is 8.60. The Morgan fingerprint density at radius 2 is 2.40 bits per heavy atom. The summed E-state index contributed by atoms with van der Waals surface area (Å²) in [6.07, 6.45) is 4.54. The highest BCUT2D eigenvalue weighted by molar-refractivity contribution is 14.1. The normalized spacial score (nSPS) is 41.7. The van der Waals surface area contributed by atoms with E-state index in [-0.39, 0.29) is 5.60 Å². The Balaban J connectivity index is 2.45. The largest absolute Gasteiger partial charge is 0.389 e. The summed E-state index contributed by atoms with van der Waals surface area (Å²) >= 11 is 2.28. The highest BCUT2D eigenvalue weighted by atomic mass is 127. The first-order chi connectivity index (χ1) is 4.66. The molecule has 1 aliphatic carbocycles. The van der Waals surface area contributed by atoms with Crippen molar-refractivity contribution < 1.29 is 5.11 Å². The fourth-order valence-electron chi connectivity index (χ4n) is 1.75. The zero-order chi connectivity index (χ0) is 7.61. The van der Waals surface area contributed by atoms with Crippen molar-refractivity contribution in [3.63, 3.8) is 0 Å². The van der Waals surface area contributed by atoms with Crippen molar-refractivity contribution in [2.75, 3.05) is 4.43 Å². The van der Waals surface area contributed by atoms with Crippen LogP contribution in [0.1, 0.15) is 32.6 Å². The summed E-state index contributed by atoms with van der Waals surface area (Å²) in [6.45, 7) is 2.23. The molecule has 1 N–H and O–H groups in total. The van der Waals surface area contributed by atoms with E-state index in [1.165, 1.54) is 12.8 Å². The van der Waals surface area contributed by atoms with Crippen LogP contribution < -0.4 is 0 Å². The Bertz CT molecular complexity index is 116. The molecular weight excluding hydrogens is 239 g/mol. The summed E-state index contributed by atoms with van der Waals surface area (Å²) in [5, 5.41) is 9.84. The Hall–Kier alpha value is 0.690. The molecule has 1 nitrogen and oxygen atoms in total. The van der Waals surface area contributed by atoms with Gasteiger partial charge in [-0.25, -0.2) is 0 Å². The lowest BCUT2D eigenvalue weighted by Gasteiger charge is -2.33. The monoisotopic (exact) mass is 254 g/mol. The fourth-order valence-corrected chi connectivity index (χ4v) is 2.45. The molecule has 60 valence electrons. The van der Waals surface area contributed by atoms with Crippen molar-refractivity contribution >= 4 is 22.6 Å². The SMILES string of the molecule is CC1CCCC(O)(CI)C1. The van der Waals surface area contributed by atoms with Gasteiger partial charge in [-0.1, -0.05) is 42.4 Å². The van der Waals surface area contributed by atoms with Crippen molar-refractivity contribution in [3.8, 4) is 0 Å². The fraction of sp³-hybridized carbons (Fsp3) is 1.00. The number of hydrogen-bond acceptors (Lipinski definition) is 1. The van der Waals surface area contributed by atoms with Crippen LogP contribution in [0.15, 0.2) is 0 Å². The van der Waals surface area contributed by atoms with Crippen LogP contribution >= 0.6 is 22.6 Å². The quantitative estimate of drug-likeness (QED) is 0.562. The molecule has 0 spiro atoms. The van der Waals surface area contributed by atoms with E-state index in [1.807, 2.05) is 0 Å². The standard InChI is InChI=1S/C8H15IO/c1-7-3-2-4-8(10,5-7)6-9/h7,10H,2-6H2,1H3. The van der Waals surface area contributed by atoms with Crippen LogP contribution in [0.3, 0.4) is 0 Å². The van der Waals surface area contributed by atoms with Gasteiger partial charge in [0.1, 0.15) is 0 Å². The molecule has 1 aliphatic rings. The van der Waals surface area contributed by atoms with Crippen molar-refractivity contribution in [1.82, 2.24) is 0 Å². The number of halogens is 1. The van der Waals surface area contributed by atoms with E-state index in [9.17, 15) is 5.11 Å². The van der Waals surface area contributed by atoms with Crippen LogP contribution in [0.5, 0.6) is 0 Å². The Morgan fingerprint density at radius 3 is 2.80 bits per heavy atom. The number of alkyl halides is 1. The minimum Gasteiger partial charge on any atom is -0.389 e. The lowest BCUT2D eigenvalue weighted by Crippen LogP contribution is -2.35. The van der Waals surface area contributed by atoms with E-state index in [4.69, 9.17) is 0 Å². The highest BCUT2D eigenvalue weighted by Crippen LogP contribution is 2.33. The van der Waals surface area contributed by atoms with Crippen LogP contribution in [0.25, 0.3) is 0 Å². The molecular formula is C8H15IO. The maximum atomic E-state index is 9.84. The topological polar surface area (TPSA) is 20.2 Å². The van der Waals surface area contributed by atoms with Gasteiger partial charge in [0.05, 0.1) is 5.60 Å². The van der Waals surface area contributed by atoms with E-state index >= 15 is 0 Å². The zero-order valence-electron chi connectivity index (χ0n) is 6.44. The summed E-state index contributed by atoms with van der Waals surface area (Å²) in [6, 6.07) is 0. The van der Waals surface area contributed by atoms with Crippen molar-refractivity contribution in [2.45, 2.75) is 38.2 Å². The second kappa shape index (κ2) is 3.39. The predicted molar refractivity (Wildman–Crippen MR) is 51.5 cm³/mol. The maximum Gasteiger partial charge on any atom is 0.0739 e. The molecule has 1 fully saturated rings. The van der Waals surface area contributed by atoms with E-state index in [1.54, 1.807) is 0 Å². The molecule has 0 aromatic rings. The third-order valence-electron chi connectivity index (χ3n) is 2.32. The average molecular weight is 254 g/mol. The summed E-state index contributed by atoms with van der Waals surface area (Å²) in [5.41, 5.74) is -0.321. The number of rotatable bonds is 1. The van der Waals surface area contributed by atoms with Gasteiger partial charge >= 0.3 is 0 Å². The van der Waals surface area contributed by atoms with Gasteiger partial charge in [0.2, 0.25) is 0 Å². The minimum absolute atomic E-state index is 0.321. The summed E-state index contributed by atoms with van der Waals surface area (Å²) in [4.78, 5) is 0. The van der Waals surface area contributed by atoms with Gasteiger partial charge in [-0.3, -0.25) is 0 Å². The molecule has 0 heterocycles. The molecule has 0 bridgehead atoms. The molecule has 0 aliphatic heterocycles.